The quantitative estimate of drug-likeness (QED) is 0.353. The zero-order valence-corrected chi connectivity index (χ0v) is 16.5. The summed E-state index contributed by atoms with van der Waals surface area (Å²) in [6.07, 6.45) is -0.953. The number of hydrogen-bond acceptors (Lipinski definition) is 8. The number of methoxy groups -OCH3 is 1. The van der Waals surface area contributed by atoms with Gasteiger partial charge in [0, 0.05) is 12.1 Å². The van der Waals surface area contributed by atoms with E-state index in [4.69, 9.17) is 14.2 Å². The molecule has 0 radical (unpaired) electrons. The number of aromatic nitrogens is 1. The number of nitro benzene ring substituents is 1. The summed E-state index contributed by atoms with van der Waals surface area (Å²) in [5, 5.41) is 11.1. The molecule has 1 atom stereocenters. The SMILES string of the molecule is COC(=O)Cn1c(=NC(=O)[C@H]2COc3ccccc3O2)sc2cc([N+](=O)[O-])ccc21. The fraction of sp³-hybridized carbons (Fsp3) is 0.211. The van der Waals surface area contributed by atoms with E-state index in [9.17, 15) is 19.7 Å². The number of nitro groups is 1. The Balaban J connectivity index is 1.73. The Hall–Kier alpha value is -3.73. The molecule has 0 saturated carbocycles. The van der Waals surface area contributed by atoms with Crippen molar-refractivity contribution in [2.45, 2.75) is 12.6 Å². The fourth-order valence-electron chi connectivity index (χ4n) is 2.91. The Morgan fingerprint density at radius 1 is 1.30 bits per heavy atom. The average molecular weight is 429 g/mol. The monoisotopic (exact) mass is 429 g/mol. The number of amides is 1. The minimum atomic E-state index is -0.953. The molecule has 1 aliphatic rings. The molecule has 1 amide bonds. The minimum Gasteiger partial charge on any atom is -0.485 e. The first-order valence-electron chi connectivity index (χ1n) is 8.78. The maximum atomic E-state index is 12.7. The number of non-ortho nitro benzene ring substituents is 1. The van der Waals surface area contributed by atoms with Crippen molar-refractivity contribution in [1.82, 2.24) is 4.57 Å². The summed E-state index contributed by atoms with van der Waals surface area (Å²) in [5.74, 6) is -0.166. The zero-order chi connectivity index (χ0) is 21.3. The number of benzene rings is 2. The molecule has 2 heterocycles. The van der Waals surface area contributed by atoms with Crippen LogP contribution in [0.2, 0.25) is 0 Å². The van der Waals surface area contributed by atoms with Gasteiger partial charge in [0.1, 0.15) is 13.2 Å². The largest absolute Gasteiger partial charge is 0.485 e. The molecule has 0 fully saturated rings. The normalized spacial score (nSPS) is 15.8. The van der Waals surface area contributed by atoms with Gasteiger partial charge in [0.25, 0.3) is 11.6 Å². The van der Waals surface area contributed by atoms with Gasteiger partial charge in [-0.1, -0.05) is 23.5 Å². The number of fused-ring (bicyclic) bond motifs is 2. The molecule has 0 spiro atoms. The second kappa shape index (κ2) is 7.95. The van der Waals surface area contributed by atoms with Crippen LogP contribution < -0.4 is 14.3 Å². The van der Waals surface area contributed by atoms with Crippen molar-refractivity contribution < 1.29 is 28.7 Å². The van der Waals surface area contributed by atoms with Crippen LogP contribution in [0.25, 0.3) is 10.2 Å². The Labute approximate surface area is 173 Å². The Bertz CT molecular complexity index is 1230. The van der Waals surface area contributed by atoms with Crippen LogP contribution in [0.1, 0.15) is 0 Å². The molecule has 0 saturated heterocycles. The lowest BCUT2D eigenvalue weighted by atomic mass is 10.2. The minimum absolute atomic E-state index is 0.00723. The highest BCUT2D eigenvalue weighted by atomic mass is 32.1. The van der Waals surface area contributed by atoms with E-state index in [0.717, 1.165) is 11.3 Å². The van der Waals surface area contributed by atoms with E-state index in [1.807, 2.05) is 0 Å². The molecule has 2 aromatic carbocycles. The van der Waals surface area contributed by atoms with Crippen LogP contribution in [0, 0.1) is 10.1 Å². The number of carbonyl (C=O) groups is 2. The van der Waals surface area contributed by atoms with Gasteiger partial charge >= 0.3 is 5.97 Å². The average Bonchev–Trinajstić information content (AvgIpc) is 3.09. The van der Waals surface area contributed by atoms with Gasteiger partial charge in [0.15, 0.2) is 16.3 Å². The summed E-state index contributed by atoms with van der Waals surface area (Å²) in [6.45, 7) is -0.210. The summed E-state index contributed by atoms with van der Waals surface area (Å²) < 4.78 is 17.9. The molecule has 4 rings (SSSR count). The van der Waals surface area contributed by atoms with E-state index in [0.29, 0.717) is 21.7 Å². The van der Waals surface area contributed by atoms with Crippen LogP contribution >= 0.6 is 11.3 Å². The van der Waals surface area contributed by atoms with Gasteiger partial charge in [0.05, 0.1) is 22.2 Å². The van der Waals surface area contributed by atoms with Gasteiger partial charge in [-0.3, -0.25) is 19.7 Å². The van der Waals surface area contributed by atoms with Gasteiger partial charge in [0.2, 0.25) is 6.10 Å². The number of hydrogen-bond donors (Lipinski definition) is 0. The van der Waals surface area contributed by atoms with Crippen molar-refractivity contribution >= 4 is 39.1 Å². The lowest BCUT2D eigenvalue weighted by Gasteiger charge is -2.23. The number of nitrogens with zero attached hydrogens (tertiary/aromatic N) is 3. The molecule has 0 unspecified atom stereocenters. The Kier molecular flexibility index (Phi) is 5.19. The number of rotatable bonds is 4. The Morgan fingerprint density at radius 2 is 2.07 bits per heavy atom. The Morgan fingerprint density at radius 3 is 2.80 bits per heavy atom. The standard InChI is InChI=1S/C19H15N3O7S/c1-27-17(23)9-21-12-7-6-11(22(25)26)8-16(12)30-19(21)20-18(24)15-10-28-13-4-2-3-5-14(13)29-15/h2-8,15H,9-10H2,1H3/t15-/m1/s1. The van der Waals surface area contributed by atoms with Crippen LogP contribution in [0.15, 0.2) is 47.5 Å². The molecular weight excluding hydrogens is 414 g/mol. The van der Waals surface area contributed by atoms with Crippen molar-refractivity contribution in [3.8, 4) is 11.5 Å². The molecule has 3 aromatic rings. The molecule has 0 bridgehead atoms. The molecule has 1 aliphatic heterocycles. The van der Waals surface area contributed by atoms with Crippen LogP contribution in [0.4, 0.5) is 5.69 Å². The predicted molar refractivity (Wildman–Crippen MR) is 105 cm³/mol. The van der Waals surface area contributed by atoms with Gasteiger partial charge in [-0.05, 0) is 18.2 Å². The third-order valence-electron chi connectivity index (χ3n) is 4.38. The molecule has 0 aliphatic carbocycles. The first kappa shape index (κ1) is 19.6. The van der Waals surface area contributed by atoms with Crippen LogP contribution in [-0.2, 0) is 20.9 Å². The van der Waals surface area contributed by atoms with E-state index >= 15 is 0 Å². The number of esters is 1. The van der Waals surface area contributed by atoms with Gasteiger partial charge in [-0.2, -0.15) is 4.99 Å². The lowest BCUT2D eigenvalue weighted by molar-refractivity contribution is -0.384. The van der Waals surface area contributed by atoms with E-state index in [1.165, 1.54) is 29.9 Å². The number of ether oxygens (including phenoxy) is 3. The summed E-state index contributed by atoms with van der Waals surface area (Å²) in [6, 6.07) is 11.2. The van der Waals surface area contributed by atoms with Gasteiger partial charge in [-0.25, -0.2) is 0 Å². The van der Waals surface area contributed by atoms with Crippen LogP contribution in [0.3, 0.4) is 0 Å². The van der Waals surface area contributed by atoms with Crippen molar-refractivity contribution in [2.24, 2.45) is 4.99 Å². The summed E-state index contributed by atoms with van der Waals surface area (Å²) in [7, 11) is 1.24. The van der Waals surface area contributed by atoms with E-state index < -0.39 is 22.9 Å². The second-order valence-corrected chi connectivity index (χ2v) is 7.28. The molecule has 0 N–H and O–H groups in total. The highest BCUT2D eigenvalue weighted by Gasteiger charge is 2.27. The topological polar surface area (TPSA) is 122 Å². The van der Waals surface area contributed by atoms with Crippen LogP contribution in [-0.4, -0.2) is 41.2 Å². The zero-order valence-electron chi connectivity index (χ0n) is 15.6. The van der Waals surface area contributed by atoms with E-state index in [1.54, 1.807) is 24.3 Å². The van der Waals surface area contributed by atoms with Gasteiger partial charge < -0.3 is 18.8 Å². The van der Waals surface area contributed by atoms with Crippen molar-refractivity contribution in [3.63, 3.8) is 0 Å². The first-order valence-corrected chi connectivity index (χ1v) is 9.59. The maximum absolute atomic E-state index is 12.7. The van der Waals surface area contributed by atoms with E-state index in [2.05, 4.69) is 4.99 Å². The first-order chi connectivity index (χ1) is 14.5. The highest BCUT2D eigenvalue weighted by Crippen LogP contribution is 2.31. The molecule has 11 heteroatoms. The lowest BCUT2D eigenvalue weighted by Crippen LogP contribution is -2.37. The van der Waals surface area contributed by atoms with Crippen LogP contribution in [0.5, 0.6) is 11.5 Å². The summed E-state index contributed by atoms with van der Waals surface area (Å²) in [4.78, 5) is 39.5. The molecular formula is C19H15N3O7S. The number of thiazole rings is 1. The number of para-hydroxylation sites is 2. The third-order valence-corrected chi connectivity index (χ3v) is 5.42. The molecule has 10 nitrogen and oxygen atoms in total. The van der Waals surface area contributed by atoms with Crippen molar-refractivity contribution in [2.75, 3.05) is 13.7 Å². The number of carbonyl (C=O) groups excluding carboxylic acids is 2. The molecule has 30 heavy (non-hydrogen) atoms. The fourth-order valence-corrected chi connectivity index (χ4v) is 3.98. The highest BCUT2D eigenvalue weighted by molar-refractivity contribution is 7.16. The smallest absolute Gasteiger partial charge is 0.325 e. The van der Waals surface area contributed by atoms with E-state index in [-0.39, 0.29) is 23.6 Å². The van der Waals surface area contributed by atoms with Crippen molar-refractivity contribution in [3.05, 3.63) is 57.4 Å². The predicted octanol–water partition coefficient (Wildman–Crippen LogP) is 2.05. The van der Waals surface area contributed by atoms with Crippen molar-refractivity contribution in [1.29, 1.82) is 0 Å². The third kappa shape index (κ3) is 3.74. The maximum Gasteiger partial charge on any atom is 0.325 e. The molecule has 1 aromatic heterocycles. The summed E-state index contributed by atoms with van der Waals surface area (Å²) >= 11 is 1.05. The summed E-state index contributed by atoms with van der Waals surface area (Å²) in [5.41, 5.74) is 0.418. The molecule has 154 valence electrons. The van der Waals surface area contributed by atoms with Gasteiger partial charge in [-0.15, -0.1) is 0 Å². The second-order valence-electron chi connectivity index (χ2n) is 6.27.